The van der Waals surface area contributed by atoms with Gasteiger partial charge in [0, 0.05) is 0 Å². The highest BCUT2D eigenvalue weighted by molar-refractivity contribution is 5.25. The molecule has 0 aromatic carbocycles. The van der Waals surface area contributed by atoms with Crippen LogP contribution in [0.4, 0.5) is 8.78 Å². The largest absolute Gasteiger partial charge is 0.239 e. The van der Waals surface area contributed by atoms with Gasteiger partial charge in [0.25, 0.3) is 0 Å². The van der Waals surface area contributed by atoms with Gasteiger partial charge in [0.05, 0.1) is 0 Å². The minimum absolute atomic E-state index is 0.671. The van der Waals surface area contributed by atoms with E-state index in [9.17, 15) is 8.78 Å². The Balaban J connectivity index is 1.40. The van der Waals surface area contributed by atoms with E-state index in [2.05, 4.69) is 0 Å². The highest BCUT2D eigenvalue weighted by Crippen LogP contribution is 2.41. The quantitative estimate of drug-likeness (QED) is 0.569. The van der Waals surface area contributed by atoms with E-state index in [1.54, 1.807) is 12.2 Å². The van der Waals surface area contributed by atoms with E-state index < -0.39 is 12.3 Å². The lowest BCUT2D eigenvalue weighted by Crippen LogP contribution is -2.24. The third kappa shape index (κ3) is 4.00. The van der Waals surface area contributed by atoms with Gasteiger partial charge in [0.2, 0.25) is 0 Å². The van der Waals surface area contributed by atoms with E-state index in [1.807, 2.05) is 0 Å². The maximum atomic E-state index is 13.8. The number of hydrogen-bond donors (Lipinski definition) is 0. The third-order valence-corrected chi connectivity index (χ3v) is 6.29. The first-order valence-corrected chi connectivity index (χ1v) is 9.39. The Morgan fingerprint density at radius 3 is 2.27 bits per heavy atom. The molecule has 0 spiro atoms. The van der Waals surface area contributed by atoms with Gasteiger partial charge in [-0.25, -0.2) is 8.78 Å². The first kappa shape index (κ1) is 16.2. The van der Waals surface area contributed by atoms with Gasteiger partial charge in [-0.15, -0.1) is 0 Å². The molecule has 0 aliphatic heterocycles. The summed E-state index contributed by atoms with van der Waals surface area (Å²) >= 11 is 0. The van der Waals surface area contributed by atoms with Crippen molar-refractivity contribution < 1.29 is 8.78 Å². The topological polar surface area (TPSA) is 0 Å². The highest BCUT2D eigenvalue weighted by Gasteiger charge is 2.29. The predicted molar refractivity (Wildman–Crippen MR) is 88.3 cm³/mol. The Kier molecular flexibility index (Phi) is 5.71. The Morgan fingerprint density at radius 2 is 1.55 bits per heavy atom. The summed E-state index contributed by atoms with van der Waals surface area (Å²) in [5.74, 6) is 2.68. The number of hydrogen-bond acceptors (Lipinski definition) is 0. The fraction of sp³-hybridized carbons (Fsp3) is 0.800. The molecule has 124 valence electrons. The molecule has 3 aliphatic rings. The Labute approximate surface area is 134 Å². The van der Waals surface area contributed by atoms with Crippen LogP contribution in [0.15, 0.2) is 23.8 Å². The van der Waals surface area contributed by atoms with Crippen LogP contribution in [0.2, 0.25) is 0 Å². The summed E-state index contributed by atoms with van der Waals surface area (Å²) in [4.78, 5) is 0. The molecule has 22 heavy (non-hydrogen) atoms. The van der Waals surface area contributed by atoms with E-state index in [4.69, 9.17) is 0 Å². The summed E-state index contributed by atoms with van der Waals surface area (Å²) in [5, 5.41) is 0. The second-order valence-electron chi connectivity index (χ2n) is 7.69. The van der Waals surface area contributed by atoms with Crippen molar-refractivity contribution in [1.29, 1.82) is 0 Å². The van der Waals surface area contributed by atoms with E-state index in [0.717, 1.165) is 30.6 Å². The van der Waals surface area contributed by atoms with Gasteiger partial charge in [-0.1, -0.05) is 57.1 Å². The Morgan fingerprint density at radius 1 is 0.864 bits per heavy atom. The number of allylic oxidation sites excluding steroid dienone is 4. The van der Waals surface area contributed by atoms with Crippen molar-refractivity contribution in [3.8, 4) is 0 Å². The molecular weight excluding hydrogens is 278 g/mol. The van der Waals surface area contributed by atoms with Crippen molar-refractivity contribution in [3.05, 3.63) is 23.8 Å². The zero-order chi connectivity index (χ0) is 15.4. The Bertz CT molecular complexity index is 398. The molecule has 2 fully saturated rings. The lowest BCUT2D eigenvalue weighted by molar-refractivity contribution is 0.162. The Hall–Kier alpha value is -0.660. The zero-order valence-corrected chi connectivity index (χ0v) is 13.7. The van der Waals surface area contributed by atoms with Crippen LogP contribution in [0.5, 0.6) is 0 Å². The first-order valence-electron chi connectivity index (χ1n) is 9.39. The molecule has 2 atom stereocenters. The molecule has 0 nitrogen and oxygen atoms in total. The lowest BCUT2D eigenvalue weighted by Gasteiger charge is -2.36. The van der Waals surface area contributed by atoms with E-state index >= 15 is 0 Å². The molecule has 3 rings (SSSR count). The smallest absolute Gasteiger partial charge is 0.156 e. The summed E-state index contributed by atoms with van der Waals surface area (Å²) in [5.41, 5.74) is 0.671. The molecule has 0 amide bonds. The maximum absolute atomic E-state index is 13.8. The van der Waals surface area contributed by atoms with Gasteiger partial charge in [0.15, 0.2) is 12.3 Å². The monoisotopic (exact) mass is 308 g/mol. The highest BCUT2D eigenvalue weighted by atomic mass is 19.2. The molecule has 0 bridgehead atoms. The van der Waals surface area contributed by atoms with Gasteiger partial charge in [0.1, 0.15) is 0 Å². The molecule has 2 saturated carbocycles. The minimum Gasteiger partial charge on any atom is -0.239 e. The molecule has 0 heterocycles. The van der Waals surface area contributed by atoms with E-state index in [-0.39, 0.29) is 0 Å². The molecular formula is C20H30F2. The molecule has 0 aromatic heterocycles. The van der Waals surface area contributed by atoms with Crippen molar-refractivity contribution in [1.82, 2.24) is 0 Å². The van der Waals surface area contributed by atoms with Crippen LogP contribution >= 0.6 is 0 Å². The van der Waals surface area contributed by atoms with Gasteiger partial charge >= 0.3 is 0 Å². The third-order valence-electron chi connectivity index (χ3n) is 6.29. The van der Waals surface area contributed by atoms with Crippen molar-refractivity contribution in [2.75, 3.05) is 0 Å². The molecule has 0 saturated heterocycles. The fourth-order valence-corrected chi connectivity index (χ4v) is 4.83. The summed E-state index contributed by atoms with van der Waals surface area (Å²) < 4.78 is 27.2. The number of halogens is 2. The van der Waals surface area contributed by atoms with Crippen LogP contribution in [0.1, 0.15) is 70.6 Å². The van der Waals surface area contributed by atoms with Crippen molar-refractivity contribution in [2.45, 2.75) is 83.0 Å². The minimum atomic E-state index is -1.43. The molecule has 0 N–H and O–H groups in total. The average molecular weight is 308 g/mol. The maximum Gasteiger partial charge on any atom is 0.156 e. The molecule has 0 radical (unpaired) electrons. The summed E-state index contributed by atoms with van der Waals surface area (Å²) in [6.07, 6.45) is 16.3. The molecule has 2 unspecified atom stereocenters. The molecule has 2 heteroatoms. The number of rotatable bonds is 4. The van der Waals surface area contributed by atoms with Crippen molar-refractivity contribution >= 4 is 0 Å². The SMILES string of the molecule is FC1C=CC=C(CCC2CCC(C3CCCCC3)CC2)C1F. The molecule has 3 aliphatic carbocycles. The summed E-state index contributed by atoms with van der Waals surface area (Å²) in [6, 6.07) is 0. The summed E-state index contributed by atoms with van der Waals surface area (Å²) in [7, 11) is 0. The van der Waals surface area contributed by atoms with Crippen LogP contribution in [-0.4, -0.2) is 12.3 Å². The normalized spacial score (nSPS) is 37.1. The van der Waals surface area contributed by atoms with Crippen LogP contribution in [0, 0.1) is 17.8 Å². The van der Waals surface area contributed by atoms with Crippen LogP contribution in [0.25, 0.3) is 0 Å². The second-order valence-corrected chi connectivity index (χ2v) is 7.69. The van der Waals surface area contributed by atoms with Crippen molar-refractivity contribution in [3.63, 3.8) is 0 Å². The van der Waals surface area contributed by atoms with Crippen LogP contribution in [-0.2, 0) is 0 Å². The van der Waals surface area contributed by atoms with Gasteiger partial charge in [-0.3, -0.25) is 0 Å². The van der Waals surface area contributed by atoms with Gasteiger partial charge < -0.3 is 0 Å². The van der Waals surface area contributed by atoms with Crippen LogP contribution < -0.4 is 0 Å². The number of alkyl halides is 2. The molecule has 0 aromatic rings. The fourth-order valence-electron chi connectivity index (χ4n) is 4.83. The first-order chi connectivity index (χ1) is 10.7. The average Bonchev–Trinajstić information content (AvgIpc) is 2.57. The van der Waals surface area contributed by atoms with E-state index in [0.29, 0.717) is 5.57 Å². The van der Waals surface area contributed by atoms with Gasteiger partial charge in [-0.2, -0.15) is 0 Å². The van der Waals surface area contributed by atoms with Crippen LogP contribution in [0.3, 0.4) is 0 Å². The predicted octanol–water partition coefficient (Wildman–Crippen LogP) is 6.33. The van der Waals surface area contributed by atoms with E-state index in [1.165, 1.54) is 63.9 Å². The zero-order valence-electron chi connectivity index (χ0n) is 13.7. The summed E-state index contributed by atoms with van der Waals surface area (Å²) in [6.45, 7) is 0. The lowest BCUT2D eigenvalue weighted by atomic mass is 9.70. The van der Waals surface area contributed by atoms with Crippen molar-refractivity contribution in [2.24, 2.45) is 17.8 Å². The standard InChI is InChI=1S/C20H30F2/c21-19-8-4-7-18(20(19)22)14-11-15-9-12-17(13-10-15)16-5-2-1-3-6-16/h4,7-8,15-17,19-20H,1-3,5-6,9-14H2. The van der Waals surface area contributed by atoms with Gasteiger partial charge in [-0.05, 0) is 55.1 Å². The second kappa shape index (κ2) is 7.75.